The highest BCUT2D eigenvalue weighted by Gasteiger charge is 2.38. The van der Waals surface area contributed by atoms with E-state index in [0.29, 0.717) is 17.8 Å². The summed E-state index contributed by atoms with van der Waals surface area (Å²) in [6.07, 6.45) is 8.96. The summed E-state index contributed by atoms with van der Waals surface area (Å²) in [4.78, 5) is 21.8. The molecule has 1 saturated heterocycles. The highest BCUT2D eigenvalue weighted by Crippen LogP contribution is 2.40. The van der Waals surface area contributed by atoms with Gasteiger partial charge in [-0.3, -0.25) is 9.59 Å². The molecule has 2 rings (SSSR count). The first-order valence-electron chi connectivity index (χ1n) is 8.51. The van der Waals surface area contributed by atoms with Crippen molar-refractivity contribution in [3.63, 3.8) is 0 Å². The number of carbonyl (C=O) groups excluding carboxylic acids is 2. The van der Waals surface area contributed by atoms with Gasteiger partial charge in [-0.05, 0) is 30.6 Å². The Bertz CT molecular complexity index is 334. The molecule has 2 amide bonds. The van der Waals surface area contributed by atoms with Crippen LogP contribution in [0.3, 0.4) is 0 Å². The van der Waals surface area contributed by atoms with Crippen LogP contribution >= 0.6 is 0 Å². The molecular formula is C17H32N2O2. The van der Waals surface area contributed by atoms with Crippen molar-refractivity contribution in [2.45, 2.75) is 72.1 Å². The molecule has 21 heavy (non-hydrogen) atoms. The van der Waals surface area contributed by atoms with Gasteiger partial charge >= 0.3 is 0 Å². The number of amides is 2. The zero-order chi connectivity index (χ0) is 15.7. The average Bonchev–Trinajstić information content (AvgIpc) is 2.79. The molecule has 1 spiro atoms. The minimum Gasteiger partial charge on any atom is -0.356 e. The zero-order valence-corrected chi connectivity index (χ0v) is 14.0. The molecule has 122 valence electrons. The summed E-state index contributed by atoms with van der Waals surface area (Å²) in [6.45, 7) is 7.94. The van der Waals surface area contributed by atoms with Gasteiger partial charge < -0.3 is 10.6 Å². The first-order valence-corrected chi connectivity index (χ1v) is 8.51. The SMILES string of the molecule is CCCC(=O)NCC(C)C.O=C1CC2(CCCCC2)CN1. The Morgan fingerprint density at radius 1 is 1.29 bits per heavy atom. The summed E-state index contributed by atoms with van der Waals surface area (Å²) in [5, 5.41) is 5.79. The fourth-order valence-electron chi connectivity index (χ4n) is 3.04. The highest BCUT2D eigenvalue weighted by atomic mass is 16.2. The number of rotatable bonds is 4. The summed E-state index contributed by atoms with van der Waals surface area (Å²) in [7, 11) is 0. The monoisotopic (exact) mass is 296 g/mol. The summed E-state index contributed by atoms with van der Waals surface area (Å²) >= 11 is 0. The van der Waals surface area contributed by atoms with Gasteiger partial charge in [0.25, 0.3) is 0 Å². The summed E-state index contributed by atoms with van der Waals surface area (Å²) in [5.41, 5.74) is 0.384. The van der Waals surface area contributed by atoms with Gasteiger partial charge in [0.2, 0.25) is 11.8 Å². The summed E-state index contributed by atoms with van der Waals surface area (Å²) in [6, 6.07) is 0. The lowest BCUT2D eigenvalue weighted by molar-refractivity contribution is -0.121. The molecule has 0 aromatic carbocycles. The summed E-state index contributed by atoms with van der Waals surface area (Å²) < 4.78 is 0. The Balaban J connectivity index is 0.000000212. The molecule has 1 aliphatic carbocycles. The molecule has 0 radical (unpaired) electrons. The second-order valence-electron chi connectivity index (χ2n) is 6.96. The van der Waals surface area contributed by atoms with E-state index >= 15 is 0 Å². The van der Waals surface area contributed by atoms with Gasteiger partial charge in [0.05, 0.1) is 0 Å². The second-order valence-corrected chi connectivity index (χ2v) is 6.96. The van der Waals surface area contributed by atoms with Crippen molar-refractivity contribution in [1.29, 1.82) is 0 Å². The lowest BCUT2D eigenvalue weighted by Gasteiger charge is -2.31. The van der Waals surface area contributed by atoms with Gasteiger partial charge in [-0.25, -0.2) is 0 Å². The fraction of sp³-hybridized carbons (Fsp3) is 0.882. The van der Waals surface area contributed by atoms with Crippen molar-refractivity contribution in [2.24, 2.45) is 11.3 Å². The maximum Gasteiger partial charge on any atom is 0.220 e. The molecule has 2 N–H and O–H groups in total. The van der Waals surface area contributed by atoms with E-state index in [1.807, 2.05) is 6.92 Å². The standard InChI is InChI=1S/C9H15NO.C8H17NO/c11-8-6-9(7-10-8)4-2-1-3-5-9;1-4-5-8(10)9-6-7(2)3/h1-7H2,(H,10,11);7H,4-6H2,1-3H3,(H,9,10). The number of hydrogen-bond donors (Lipinski definition) is 2. The minimum atomic E-state index is 0.177. The zero-order valence-electron chi connectivity index (χ0n) is 14.0. The van der Waals surface area contributed by atoms with Crippen molar-refractivity contribution < 1.29 is 9.59 Å². The molecule has 4 nitrogen and oxygen atoms in total. The van der Waals surface area contributed by atoms with Crippen molar-refractivity contribution in [2.75, 3.05) is 13.1 Å². The molecule has 0 bridgehead atoms. The topological polar surface area (TPSA) is 58.2 Å². The van der Waals surface area contributed by atoms with Gasteiger partial charge in [-0.15, -0.1) is 0 Å². The predicted molar refractivity (Wildman–Crippen MR) is 85.9 cm³/mol. The van der Waals surface area contributed by atoms with Crippen LogP contribution in [-0.4, -0.2) is 24.9 Å². The Morgan fingerprint density at radius 2 is 1.95 bits per heavy atom. The molecule has 0 aromatic heterocycles. The second kappa shape index (κ2) is 9.06. The Morgan fingerprint density at radius 3 is 2.43 bits per heavy atom. The van der Waals surface area contributed by atoms with E-state index in [4.69, 9.17) is 0 Å². The van der Waals surface area contributed by atoms with E-state index in [-0.39, 0.29) is 11.8 Å². The van der Waals surface area contributed by atoms with E-state index in [2.05, 4.69) is 24.5 Å². The van der Waals surface area contributed by atoms with Crippen LogP contribution < -0.4 is 10.6 Å². The molecule has 2 fully saturated rings. The van der Waals surface area contributed by atoms with Gasteiger partial charge in [0.1, 0.15) is 0 Å². The van der Waals surface area contributed by atoms with E-state index < -0.39 is 0 Å². The van der Waals surface area contributed by atoms with Crippen LogP contribution in [0.4, 0.5) is 0 Å². The number of hydrogen-bond acceptors (Lipinski definition) is 2. The highest BCUT2D eigenvalue weighted by molar-refractivity contribution is 5.79. The van der Waals surface area contributed by atoms with Crippen LogP contribution in [0, 0.1) is 11.3 Å². The lowest BCUT2D eigenvalue weighted by Crippen LogP contribution is -2.26. The average molecular weight is 296 g/mol. The predicted octanol–water partition coefficient (Wildman–Crippen LogP) is 3.02. The Hall–Kier alpha value is -1.06. The molecule has 0 atom stereocenters. The van der Waals surface area contributed by atoms with Crippen molar-refractivity contribution in [3.8, 4) is 0 Å². The normalized spacial score (nSPS) is 19.9. The number of carbonyl (C=O) groups is 2. The molecular weight excluding hydrogens is 264 g/mol. The van der Waals surface area contributed by atoms with Crippen LogP contribution in [0.15, 0.2) is 0 Å². The van der Waals surface area contributed by atoms with E-state index in [1.165, 1.54) is 32.1 Å². The van der Waals surface area contributed by atoms with Crippen molar-refractivity contribution in [3.05, 3.63) is 0 Å². The maximum atomic E-state index is 11.0. The quantitative estimate of drug-likeness (QED) is 0.838. The smallest absolute Gasteiger partial charge is 0.220 e. The fourth-order valence-corrected chi connectivity index (χ4v) is 3.04. The van der Waals surface area contributed by atoms with Gasteiger partial charge in [0.15, 0.2) is 0 Å². The van der Waals surface area contributed by atoms with Gasteiger partial charge in [-0.1, -0.05) is 40.0 Å². The van der Waals surface area contributed by atoms with E-state index in [1.54, 1.807) is 0 Å². The van der Waals surface area contributed by atoms with Gasteiger partial charge in [-0.2, -0.15) is 0 Å². The number of nitrogens with one attached hydrogen (secondary N) is 2. The summed E-state index contributed by atoms with van der Waals surface area (Å²) in [5.74, 6) is 1.00. The van der Waals surface area contributed by atoms with Crippen LogP contribution in [0.1, 0.15) is 72.1 Å². The third-order valence-electron chi connectivity index (χ3n) is 4.29. The first-order chi connectivity index (χ1) is 9.97. The molecule has 0 aromatic rings. The lowest BCUT2D eigenvalue weighted by atomic mass is 9.73. The maximum absolute atomic E-state index is 11.0. The first kappa shape index (κ1) is 18.0. The molecule has 1 saturated carbocycles. The Kier molecular flexibility index (Phi) is 7.76. The third kappa shape index (κ3) is 6.96. The van der Waals surface area contributed by atoms with Crippen LogP contribution in [0.5, 0.6) is 0 Å². The molecule has 2 aliphatic rings. The third-order valence-corrected chi connectivity index (χ3v) is 4.29. The van der Waals surface area contributed by atoms with Crippen LogP contribution in [0.2, 0.25) is 0 Å². The Labute approximate surface area is 129 Å². The van der Waals surface area contributed by atoms with Crippen LogP contribution in [0.25, 0.3) is 0 Å². The molecule has 0 unspecified atom stereocenters. The van der Waals surface area contributed by atoms with Gasteiger partial charge in [0, 0.05) is 25.9 Å². The molecule has 1 heterocycles. The molecule has 1 aliphatic heterocycles. The van der Waals surface area contributed by atoms with E-state index in [9.17, 15) is 9.59 Å². The minimum absolute atomic E-state index is 0.177. The van der Waals surface area contributed by atoms with Crippen molar-refractivity contribution in [1.82, 2.24) is 10.6 Å². The van der Waals surface area contributed by atoms with Crippen LogP contribution in [-0.2, 0) is 9.59 Å². The van der Waals surface area contributed by atoms with E-state index in [0.717, 1.165) is 25.9 Å². The largest absolute Gasteiger partial charge is 0.356 e. The van der Waals surface area contributed by atoms with Crippen molar-refractivity contribution >= 4 is 11.8 Å². The molecule has 4 heteroatoms.